The molecule has 0 fully saturated rings. The first kappa shape index (κ1) is 29.5. The number of aromatic nitrogens is 3. The number of hydrogen-bond acceptors (Lipinski definition) is 3. The first-order chi connectivity index (χ1) is 25.0. The van der Waals surface area contributed by atoms with E-state index in [0.29, 0.717) is 17.5 Å². The standard InChI is InChI=1S/C48H33N3/c1-48(2)43-28-33(38-21-9-15-30-12-3-6-18-35(30)38)24-26-39(43)40-27-25-34(29-44(40)48)45-49-46(41-22-10-16-31-13-4-7-19-36(31)41)51-47(50-45)42-23-11-17-32-14-5-8-20-37(32)42/h3-29H,1-2H3. The second-order valence-corrected chi connectivity index (χ2v) is 14.0. The first-order valence-corrected chi connectivity index (χ1v) is 17.5. The van der Waals surface area contributed by atoms with E-state index in [9.17, 15) is 0 Å². The molecule has 0 spiro atoms. The van der Waals surface area contributed by atoms with E-state index >= 15 is 0 Å². The lowest BCUT2D eigenvalue weighted by Crippen LogP contribution is -2.15. The summed E-state index contributed by atoms with van der Waals surface area (Å²) >= 11 is 0. The molecular weight excluding hydrogens is 619 g/mol. The second-order valence-electron chi connectivity index (χ2n) is 14.0. The molecule has 8 aromatic carbocycles. The van der Waals surface area contributed by atoms with E-state index in [1.54, 1.807) is 0 Å². The maximum atomic E-state index is 5.21. The van der Waals surface area contributed by atoms with Crippen molar-refractivity contribution < 1.29 is 0 Å². The number of rotatable bonds is 4. The van der Waals surface area contributed by atoms with Crippen LogP contribution in [0.15, 0.2) is 164 Å². The Balaban J connectivity index is 1.14. The van der Waals surface area contributed by atoms with Crippen molar-refractivity contribution in [2.24, 2.45) is 0 Å². The predicted octanol–water partition coefficient (Wildman–Crippen LogP) is 12.3. The fourth-order valence-corrected chi connectivity index (χ4v) is 8.11. The SMILES string of the molecule is CC1(C)c2cc(-c3nc(-c4cccc5ccccc45)nc(-c4cccc5ccccc45)n3)ccc2-c2ccc(-c3cccc4ccccc34)cc21. The molecule has 0 saturated heterocycles. The predicted molar refractivity (Wildman–Crippen MR) is 212 cm³/mol. The van der Waals surface area contributed by atoms with E-state index in [1.807, 2.05) is 0 Å². The van der Waals surface area contributed by atoms with Gasteiger partial charge in [-0.1, -0.05) is 166 Å². The highest BCUT2D eigenvalue weighted by molar-refractivity contribution is 5.99. The van der Waals surface area contributed by atoms with Gasteiger partial charge >= 0.3 is 0 Å². The smallest absolute Gasteiger partial charge is 0.164 e. The first-order valence-electron chi connectivity index (χ1n) is 17.5. The van der Waals surface area contributed by atoms with Crippen LogP contribution in [0.4, 0.5) is 0 Å². The van der Waals surface area contributed by atoms with Crippen LogP contribution >= 0.6 is 0 Å². The average Bonchev–Trinajstić information content (AvgIpc) is 3.41. The minimum absolute atomic E-state index is 0.217. The molecule has 1 aliphatic rings. The van der Waals surface area contributed by atoms with Crippen LogP contribution in [0.5, 0.6) is 0 Å². The molecule has 3 nitrogen and oxygen atoms in total. The van der Waals surface area contributed by atoms with Crippen LogP contribution in [0.3, 0.4) is 0 Å². The highest BCUT2D eigenvalue weighted by Crippen LogP contribution is 2.51. The lowest BCUT2D eigenvalue weighted by Gasteiger charge is -2.22. The Kier molecular flexibility index (Phi) is 6.53. The highest BCUT2D eigenvalue weighted by Gasteiger charge is 2.36. The zero-order valence-corrected chi connectivity index (χ0v) is 28.4. The average molecular weight is 652 g/mol. The molecule has 0 aliphatic heterocycles. The number of nitrogens with zero attached hydrogens (tertiary/aromatic N) is 3. The molecule has 1 heterocycles. The molecule has 240 valence electrons. The zero-order chi connectivity index (χ0) is 34.1. The van der Waals surface area contributed by atoms with Gasteiger partial charge in [-0.05, 0) is 77.8 Å². The van der Waals surface area contributed by atoms with Crippen LogP contribution in [-0.4, -0.2) is 15.0 Å². The van der Waals surface area contributed by atoms with Crippen molar-refractivity contribution in [3.8, 4) is 56.4 Å². The van der Waals surface area contributed by atoms with Gasteiger partial charge in [-0.2, -0.15) is 0 Å². The van der Waals surface area contributed by atoms with Crippen molar-refractivity contribution in [2.75, 3.05) is 0 Å². The summed E-state index contributed by atoms with van der Waals surface area (Å²) in [5.74, 6) is 2.01. The van der Waals surface area contributed by atoms with Crippen LogP contribution in [0.1, 0.15) is 25.0 Å². The van der Waals surface area contributed by atoms with Gasteiger partial charge in [0.2, 0.25) is 0 Å². The van der Waals surface area contributed by atoms with Crippen LogP contribution in [-0.2, 0) is 5.41 Å². The molecule has 0 unspecified atom stereocenters. The van der Waals surface area contributed by atoms with Gasteiger partial charge in [0.15, 0.2) is 17.5 Å². The van der Waals surface area contributed by atoms with Crippen LogP contribution in [0.25, 0.3) is 88.7 Å². The van der Waals surface area contributed by atoms with Crippen molar-refractivity contribution in [2.45, 2.75) is 19.3 Å². The van der Waals surface area contributed by atoms with Crippen molar-refractivity contribution >= 4 is 32.3 Å². The molecule has 0 radical (unpaired) electrons. The minimum atomic E-state index is -0.217. The van der Waals surface area contributed by atoms with Crippen molar-refractivity contribution in [1.82, 2.24) is 15.0 Å². The molecule has 51 heavy (non-hydrogen) atoms. The molecule has 0 N–H and O–H groups in total. The van der Waals surface area contributed by atoms with E-state index in [0.717, 1.165) is 38.2 Å². The van der Waals surface area contributed by atoms with E-state index in [2.05, 4.69) is 178 Å². The van der Waals surface area contributed by atoms with Gasteiger partial charge in [0, 0.05) is 22.1 Å². The van der Waals surface area contributed by atoms with Crippen LogP contribution in [0, 0.1) is 0 Å². The summed E-state index contributed by atoms with van der Waals surface area (Å²) in [6.07, 6.45) is 0. The van der Waals surface area contributed by atoms with Crippen LogP contribution in [0.2, 0.25) is 0 Å². The quantitative estimate of drug-likeness (QED) is 0.190. The van der Waals surface area contributed by atoms with E-state index in [4.69, 9.17) is 15.0 Å². The Morgan fingerprint density at radius 1 is 0.333 bits per heavy atom. The zero-order valence-electron chi connectivity index (χ0n) is 28.4. The minimum Gasteiger partial charge on any atom is -0.208 e. The Labute approximate surface area is 297 Å². The van der Waals surface area contributed by atoms with Gasteiger partial charge in [-0.15, -0.1) is 0 Å². The molecular formula is C48H33N3. The summed E-state index contributed by atoms with van der Waals surface area (Å²) in [6, 6.07) is 58.5. The van der Waals surface area contributed by atoms with Gasteiger partial charge in [0.05, 0.1) is 0 Å². The molecule has 9 aromatic rings. The normalized spacial score (nSPS) is 13.1. The van der Waals surface area contributed by atoms with Crippen molar-refractivity contribution in [3.63, 3.8) is 0 Å². The van der Waals surface area contributed by atoms with Crippen LogP contribution < -0.4 is 0 Å². The molecule has 1 aromatic heterocycles. The van der Waals surface area contributed by atoms with Gasteiger partial charge in [0.1, 0.15) is 0 Å². The monoisotopic (exact) mass is 651 g/mol. The Morgan fingerprint density at radius 3 is 1.25 bits per heavy atom. The maximum absolute atomic E-state index is 5.21. The van der Waals surface area contributed by atoms with E-state index in [-0.39, 0.29) is 5.41 Å². The summed E-state index contributed by atoms with van der Waals surface area (Å²) in [5.41, 5.74) is 10.4. The molecule has 3 heteroatoms. The molecule has 0 saturated carbocycles. The molecule has 0 amide bonds. The van der Waals surface area contributed by atoms with Crippen molar-refractivity contribution in [1.29, 1.82) is 0 Å². The third-order valence-electron chi connectivity index (χ3n) is 10.7. The topological polar surface area (TPSA) is 38.7 Å². The van der Waals surface area contributed by atoms with E-state index < -0.39 is 0 Å². The van der Waals surface area contributed by atoms with Crippen molar-refractivity contribution in [3.05, 3.63) is 175 Å². The third-order valence-corrected chi connectivity index (χ3v) is 10.7. The van der Waals surface area contributed by atoms with Gasteiger partial charge in [0.25, 0.3) is 0 Å². The largest absolute Gasteiger partial charge is 0.208 e. The third kappa shape index (κ3) is 4.69. The summed E-state index contributed by atoms with van der Waals surface area (Å²) in [5, 5.41) is 7.08. The van der Waals surface area contributed by atoms with Gasteiger partial charge in [-0.25, -0.2) is 15.0 Å². The molecule has 10 rings (SSSR count). The molecule has 0 bridgehead atoms. The van der Waals surface area contributed by atoms with E-state index in [1.165, 1.54) is 44.2 Å². The Morgan fingerprint density at radius 2 is 0.725 bits per heavy atom. The van der Waals surface area contributed by atoms with Gasteiger partial charge in [-0.3, -0.25) is 0 Å². The fraction of sp³-hybridized carbons (Fsp3) is 0.0625. The lowest BCUT2D eigenvalue weighted by atomic mass is 9.81. The molecule has 1 aliphatic carbocycles. The molecule has 0 atom stereocenters. The maximum Gasteiger partial charge on any atom is 0.164 e. The highest BCUT2D eigenvalue weighted by atomic mass is 15.0. The number of benzene rings is 8. The number of hydrogen-bond donors (Lipinski definition) is 0. The Hall–Kier alpha value is -6.45. The second kappa shape index (κ2) is 11.3. The lowest BCUT2D eigenvalue weighted by molar-refractivity contribution is 0.661. The summed E-state index contributed by atoms with van der Waals surface area (Å²) in [6.45, 7) is 4.68. The Bertz CT molecular complexity index is 2730. The number of fused-ring (bicyclic) bond motifs is 6. The summed E-state index contributed by atoms with van der Waals surface area (Å²) in [7, 11) is 0. The summed E-state index contributed by atoms with van der Waals surface area (Å²) < 4.78 is 0. The summed E-state index contributed by atoms with van der Waals surface area (Å²) in [4.78, 5) is 15.6. The van der Waals surface area contributed by atoms with Gasteiger partial charge < -0.3 is 0 Å². The fourth-order valence-electron chi connectivity index (χ4n) is 8.11.